The second-order valence-corrected chi connectivity index (χ2v) is 12.5. The third-order valence-electron chi connectivity index (χ3n) is 7.14. The number of carbonyl (C=O) groups is 1. The number of nitrogens with one attached hydrogen (secondary N) is 1. The normalized spacial score (nSPS) is 15.3. The Morgan fingerprint density at radius 2 is 1.69 bits per heavy atom. The summed E-state index contributed by atoms with van der Waals surface area (Å²) >= 11 is 6.93. The SMILES string of the molecule is CC(C)(C)c1cc(-n2nc(C(=O)NCc3cnco3)c(Cl)c2CC2CCCCC2)cc(C(C)(C)C)c1. The van der Waals surface area contributed by atoms with Crippen LogP contribution >= 0.6 is 11.6 Å². The summed E-state index contributed by atoms with van der Waals surface area (Å²) in [4.78, 5) is 17.1. The van der Waals surface area contributed by atoms with Gasteiger partial charge in [-0.25, -0.2) is 9.67 Å². The molecule has 6 nitrogen and oxygen atoms in total. The first-order chi connectivity index (χ1) is 16.9. The standard InChI is InChI=1S/C29H39ClN4O2/c1-28(2,3)20-13-21(29(4,5)6)15-22(14-20)34-24(12-19-10-8-7-9-11-19)25(30)26(33-34)27(35)32-17-23-16-31-18-36-23/h13-16,18-19H,7-12,17H2,1-6H3,(H,32,35). The van der Waals surface area contributed by atoms with Crippen LogP contribution in [0.15, 0.2) is 35.2 Å². The van der Waals surface area contributed by atoms with Crippen molar-refractivity contribution in [2.75, 3.05) is 0 Å². The van der Waals surface area contributed by atoms with Gasteiger partial charge in [0.2, 0.25) is 0 Å². The van der Waals surface area contributed by atoms with E-state index in [-0.39, 0.29) is 29.0 Å². The lowest BCUT2D eigenvalue weighted by Gasteiger charge is -2.27. The zero-order valence-corrected chi connectivity index (χ0v) is 23.2. The molecule has 1 saturated carbocycles. The highest BCUT2D eigenvalue weighted by molar-refractivity contribution is 6.34. The molecule has 0 bridgehead atoms. The van der Waals surface area contributed by atoms with Crippen LogP contribution in [0.1, 0.15) is 107 Å². The molecule has 36 heavy (non-hydrogen) atoms. The minimum atomic E-state index is -0.317. The molecule has 0 radical (unpaired) electrons. The van der Waals surface area contributed by atoms with Gasteiger partial charge in [-0.05, 0) is 46.4 Å². The Labute approximate surface area is 219 Å². The van der Waals surface area contributed by atoms with Gasteiger partial charge in [-0.3, -0.25) is 4.79 Å². The van der Waals surface area contributed by atoms with E-state index >= 15 is 0 Å². The fourth-order valence-corrected chi connectivity index (χ4v) is 5.09. The lowest BCUT2D eigenvalue weighted by atomic mass is 9.80. The minimum Gasteiger partial charge on any atom is -0.447 e. The maximum atomic E-state index is 13.2. The molecule has 0 aliphatic heterocycles. The topological polar surface area (TPSA) is 73.0 Å². The van der Waals surface area contributed by atoms with Gasteiger partial charge in [-0.15, -0.1) is 0 Å². The third-order valence-corrected chi connectivity index (χ3v) is 7.54. The molecular formula is C29H39ClN4O2. The Kier molecular flexibility index (Phi) is 7.65. The van der Waals surface area contributed by atoms with Crippen molar-refractivity contribution in [1.82, 2.24) is 20.1 Å². The number of amides is 1. The second kappa shape index (κ2) is 10.4. The number of halogens is 1. The van der Waals surface area contributed by atoms with Gasteiger partial charge in [0.05, 0.1) is 29.1 Å². The Hall–Kier alpha value is -2.60. The van der Waals surface area contributed by atoms with Crippen molar-refractivity contribution < 1.29 is 9.21 Å². The Morgan fingerprint density at radius 1 is 1.06 bits per heavy atom. The van der Waals surface area contributed by atoms with Crippen LogP contribution < -0.4 is 5.32 Å². The van der Waals surface area contributed by atoms with Crippen LogP contribution in [0.5, 0.6) is 0 Å². The minimum absolute atomic E-state index is 0.0340. The predicted octanol–water partition coefficient (Wildman–Crippen LogP) is 7.16. The zero-order valence-electron chi connectivity index (χ0n) is 22.4. The van der Waals surface area contributed by atoms with Gasteiger partial charge < -0.3 is 9.73 Å². The molecule has 0 spiro atoms. The average Bonchev–Trinajstić information content (AvgIpc) is 3.45. The third kappa shape index (κ3) is 6.03. The fraction of sp³-hybridized carbons (Fsp3) is 0.552. The van der Waals surface area contributed by atoms with E-state index in [9.17, 15) is 4.79 Å². The first-order valence-electron chi connectivity index (χ1n) is 13.0. The van der Waals surface area contributed by atoms with Gasteiger partial charge >= 0.3 is 0 Å². The van der Waals surface area contributed by atoms with Crippen molar-refractivity contribution >= 4 is 17.5 Å². The molecule has 3 aromatic rings. The number of hydrogen-bond acceptors (Lipinski definition) is 4. The van der Waals surface area contributed by atoms with Crippen LogP contribution in [-0.2, 0) is 23.8 Å². The molecule has 1 fully saturated rings. The molecule has 4 rings (SSSR count). The van der Waals surface area contributed by atoms with E-state index in [2.05, 4.69) is 70.0 Å². The van der Waals surface area contributed by atoms with Crippen molar-refractivity contribution in [2.45, 2.75) is 97.4 Å². The van der Waals surface area contributed by atoms with E-state index in [1.807, 2.05) is 4.68 Å². The molecule has 2 heterocycles. The van der Waals surface area contributed by atoms with E-state index in [1.54, 1.807) is 6.20 Å². The van der Waals surface area contributed by atoms with Crippen LogP contribution in [0.4, 0.5) is 0 Å². The van der Waals surface area contributed by atoms with Crippen molar-refractivity contribution in [3.05, 3.63) is 64.1 Å². The summed E-state index contributed by atoms with van der Waals surface area (Å²) in [6, 6.07) is 6.68. The molecule has 0 unspecified atom stereocenters. The first-order valence-corrected chi connectivity index (χ1v) is 13.4. The van der Waals surface area contributed by atoms with Crippen LogP contribution in [0.25, 0.3) is 5.69 Å². The van der Waals surface area contributed by atoms with Gasteiger partial charge in [0, 0.05) is 0 Å². The number of nitrogens with zero attached hydrogens (tertiary/aromatic N) is 3. The highest BCUT2D eigenvalue weighted by atomic mass is 35.5. The molecular weight excluding hydrogens is 472 g/mol. The molecule has 194 valence electrons. The number of aromatic nitrogens is 3. The molecule has 1 aliphatic rings. The lowest BCUT2D eigenvalue weighted by Crippen LogP contribution is -2.23. The van der Waals surface area contributed by atoms with Crippen LogP contribution in [0.3, 0.4) is 0 Å². The second-order valence-electron chi connectivity index (χ2n) is 12.1. The summed E-state index contributed by atoms with van der Waals surface area (Å²) in [5, 5.41) is 8.13. The van der Waals surface area contributed by atoms with Gasteiger partial charge in [-0.1, -0.05) is 91.3 Å². The summed E-state index contributed by atoms with van der Waals surface area (Å²) in [7, 11) is 0. The van der Waals surface area contributed by atoms with Crippen molar-refractivity contribution in [1.29, 1.82) is 0 Å². The Balaban J connectivity index is 1.79. The Bertz CT molecular complexity index is 1160. The van der Waals surface area contributed by atoms with Gasteiger partial charge in [0.25, 0.3) is 5.91 Å². The number of hydrogen-bond donors (Lipinski definition) is 1. The molecule has 1 aromatic carbocycles. The number of rotatable bonds is 6. The largest absolute Gasteiger partial charge is 0.447 e. The molecule has 1 aliphatic carbocycles. The van der Waals surface area contributed by atoms with E-state index in [1.165, 1.54) is 49.6 Å². The average molecular weight is 511 g/mol. The lowest BCUT2D eigenvalue weighted by molar-refractivity contribution is 0.0942. The van der Waals surface area contributed by atoms with Gasteiger partial charge in [0.1, 0.15) is 5.76 Å². The first kappa shape index (κ1) is 26.5. The summed E-state index contributed by atoms with van der Waals surface area (Å²) in [6.07, 6.45) is 9.89. The molecule has 1 amide bonds. The summed E-state index contributed by atoms with van der Waals surface area (Å²) in [5.41, 5.74) is 4.52. The maximum absolute atomic E-state index is 13.2. The smallest absolute Gasteiger partial charge is 0.273 e. The van der Waals surface area contributed by atoms with Crippen LogP contribution in [0.2, 0.25) is 5.02 Å². The highest BCUT2D eigenvalue weighted by Gasteiger charge is 2.28. The van der Waals surface area contributed by atoms with Gasteiger partial charge in [-0.2, -0.15) is 5.10 Å². The number of carbonyl (C=O) groups excluding carboxylic acids is 1. The summed E-state index contributed by atoms with van der Waals surface area (Å²) in [5.74, 6) is 0.807. The maximum Gasteiger partial charge on any atom is 0.273 e. The molecule has 1 N–H and O–H groups in total. The molecule has 0 atom stereocenters. The van der Waals surface area contributed by atoms with Crippen molar-refractivity contribution in [3.63, 3.8) is 0 Å². The highest BCUT2D eigenvalue weighted by Crippen LogP contribution is 2.35. The summed E-state index contributed by atoms with van der Waals surface area (Å²) < 4.78 is 7.18. The van der Waals surface area contributed by atoms with Crippen molar-refractivity contribution in [3.8, 4) is 5.69 Å². The van der Waals surface area contributed by atoms with Gasteiger partial charge in [0.15, 0.2) is 12.1 Å². The zero-order chi connectivity index (χ0) is 26.1. The van der Waals surface area contributed by atoms with E-state index in [0.717, 1.165) is 17.8 Å². The fourth-order valence-electron chi connectivity index (χ4n) is 4.81. The number of oxazole rings is 1. The van der Waals surface area contributed by atoms with Crippen LogP contribution in [-0.4, -0.2) is 20.7 Å². The predicted molar refractivity (Wildman–Crippen MR) is 144 cm³/mol. The Morgan fingerprint density at radius 3 is 2.25 bits per heavy atom. The van der Waals surface area contributed by atoms with Crippen LogP contribution in [0, 0.1) is 5.92 Å². The molecule has 7 heteroatoms. The van der Waals surface area contributed by atoms with E-state index < -0.39 is 0 Å². The molecule has 0 saturated heterocycles. The molecule has 2 aromatic heterocycles. The van der Waals surface area contributed by atoms with Crippen molar-refractivity contribution in [2.24, 2.45) is 5.92 Å². The monoisotopic (exact) mass is 510 g/mol. The van der Waals surface area contributed by atoms with E-state index in [0.29, 0.717) is 16.7 Å². The van der Waals surface area contributed by atoms with E-state index in [4.69, 9.17) is 21.1 Å². The number of benzene rings is 1. The quantitative estimate of drug-likeness (QED) is 0.381. The summed E-state index contributed by atoms with van der Waals surface area (Å²) in [6.45, 7) is 13.6.